The van der Waals surface area contributed by atoms with Crippen LogP contribution >= 0.6 is 11.6 Å². The maximum atomic E-state index is 13.6. The van der Waals surface area contributed by atoms with Crippen molar-refractivity contribution < 1.29 is 32.5 Å². The highest BCUT2D eigenvalue weighted by Crippen LogP contribution is 2.44. The summed E-state index contributed by atoms with van der Waals surface area (Å²) in [5.74, 6) is -0.359. The zero-order valence-corrected chi connectivity index (χ0v) is 19.0. The number of aromatic nitrogens is 1. The van der Waals surface area contributed by atoms with Crippen molar-refractivity contribution in [3.8, 4) is 11.5 Å². The van der Waals surface area contributed by atoms with Gasteiger partial charge in [0.05, 0.1) is 29.1 Å². The first kappa shape index (κ1) is 22.9. The van der Waals surface area contributed by atoms with Crippen molar-refractivity contribution in [3.63, 3.8) is 0 Å². The van der Waals surface area contributed by atoms with E-state index in [1.54, 1.807) is 18.2 Å². The molecule has 1 N–H and O–H groups in total. The molecule has 0 bridgehead atoms. The largest absolute Gasteiger partial charge is 0.493 e. The van der Waals surface area contributed by atoms with E-state index in [9.17, 15) is 23.1 Å². The number of carboxylic acids is 1. The summed E-state index contributed by atoms with van der Waals surface area (Å²) in [6.07, 6.45) is -1.81. The molecule has 3 aromatic rings. The van der Waals surface area contributed by atoms with Gasteiger partial charge in [0.2, 0.25) is 0 Å². The van der Waals surface area contributed by atoms with Crippen LogP contribution in [-0.4, -0.2) is 22.2 Å². The topological polar surface area (TPSA) is 60.7 Å². The van der Waals surface area contributed by atoms with Gasteiger partial charge < -0.3 is 19.1 Å². The lowest BCUT2D eigenvalue weighted by Crippen LogP contribution is -2.11. The Bertz CT molecular complexity index is 1250. The number of aryl methyl sites for hydroxylation is 1. The molecule has 1 aromatic heterocycles. The van der Waals surface area contributed by atoms with Crippen LogP contribution in [0.25, 0.3) is 10.9 Å². The van der Waals surface area contributed by atoms with Crippen LogP contribution in [0.5, 0.6) is 11.5 Å². The van der Waals surface area contributed by atoms with Crippen LogP contribution < -0.4 is 9.47 Å². The zero-order valence-electron chi connectivity index (χ0n) is 18.2. The number of carboxylic acid groups (broad SMARTS) is 1. The van der Waals surface area contributed by atoms with Gasteiger partial charge >= 0.3 is 12.1 Å². The van der Waals surface area contributed by atoms with Crippen molar-refractivity contribution in [2.45, 2.75) is 50.9 Å². The standard InChI is InChI=1S/C25H23ClF3NO4/c26-23-18-11-17(4-5-20(18)30-8-7-16(24(23)30)10-22(31)32)33-13-15-3-6-21(34-12-14-1-2-14)19(9-15)25(27,28)29/h3-6,9,11,14,16H,1-2,7-8,10,12-13H2,(H,31,32). The Hall–Kier alpha value is -2.87. The summed E-state index contributed by atoms with van der Waals surface area (Å²) in [7, 11) is 0. The van der Waals surface area contributed by atoms with Crippen LogP contribution in [0.3, 0.4) is 0 Å². The molecule has 1 aliphatic heterocycles. The predicted molar refractivity (Wildman–Crippen MR) is 121 cm³/mol. The van der Waals surface area contributed by atoms with Gasteiger partial charge in [0.1, 0.15) is 18.1 Å². The van der Waals surface area contributed by atoms with E-state index in [1.807, 2.05) is 10.6 Å². The van der Waals surface area contributed by atoms with Crippen molar-refractivity contribution >= 4 is 28.5 Å². The van der Waals surface area contributed by atoms with Gasteiger partial charge in [-0.3, -0.25) is 4.79 Å². The molecule has 0 spiro atoms. The first-order valence-corrected chi connectivity index (χ1v) is 11.6. The number of halogens is 4. The van der Waals surface area contributed by atoms with E-state index in [2.05, 4.69) is 0 Å². The van der Waals surface area contributed by atoms with Gasteiger partial charge in [-0.1, -0.05) is 17.7 Å². The Morgan fingerprint density at radius 2 is 1.91 bits per heavy atom. The van der Waals surface area contributed by atoms with E-state index >= 15 is 0 Å². The van der Waals surface area contributed by atoms with Gasteiger partial charge in [0, 0.05) is 23.5 Å². The number of alkyl halides is 3. The Labute approximate surface area is 199 Å². The van der Waals surface area contributed by atoms with Gasteiger partial charge in [-0.2, -0.15) is 13.2 Å². The van der Waals surface area contributed by atoms with Crippen LogP contribution in [-0.2, 0) is 24.1 Å². The van der Waals surface area contributed by atoms with Gasteiger partial charge in [-0.05, 0) is 61.1 Å². The minimum Gasteiger partial charge on any atom is -0.493 e. The van der Waals surface area contributed by atoms with Crippen molar-refractivity contribution in [2.75, 3.05) is 6.61 Å². The Kier molecular flexibility index (Phi) is 5.88. The molecule has 1 unspecified atom stereocenters. The molecule has 1 atom stereocenters. The van der Waals surface area contributed by atoms with Gasteiger partial charge in [0.25, 0.3) is 0 Å². The monoisotopic (exact) mass is 493 g/mol. The molecule has 34 heavy (non-hydrogen) atoms. The number of benzene rings is 2. The number of rotatable bonds is 8. The summed E-state index contributed by atoms with van der Waals surface area (Å²) in [4.78, 5) is 11.2. The summed E-state index contributed by atoms with van der Waals surface area (Å²) in [5.41, 5.74) is 1.27. The van der Waals surface area contributed by atoms with E-state index in [0.717, 1.165) is 41.9 Å². The van der Waals surface area contributed by atoms with Crippen LogP contribution in [0.1, 0.15) is 48.4 Å². The number of carbonyl (C=O) groups is 1. The summed E-state index contributed by atoms with van der Waals surface area (Å²) in [6.45, 7) is 0.936. The molecule has 0 saturated heterocycles. The first-order valence-electron chi connectivity index (χ1n) is 11.2. The smallest absolute Gasteiger partial charge is 0.419 e. The number of hydrogen-bond acceptors (Lipinski definition) is 3. The lowest BCUT2D eigenvalue weighted by molar-refractivity contribution is -0.139. The highest BCUT2D eigenvalue weighted by atomic mass is 35.5. The second-order valence-corrected chi connectivity index (χ2v) is 9.36. The molecule has 2 aliphatic rings. The fraction of sp³-hybridized carbons (Fsp3) is 0.400. The van der Waals surface area contributed by atoms with Crippen molar-refractivity contribution in [1.29, 1.82) is 0 Å². The summed E-state index contributed by atoms with van der Waals surface area (Å²) >= 11 is 6.61. The van der Waals surface area contributed by atoms with Crippen molar-refractivity contribution in [1.82, 2.24) is 4.57 Å². The number of fused-ring (bicyclic) bond motifs is 3. The van der Waals surface area contributed by atoms with E-state index in [4.69, 9.17) is 21.1 Å². The molecule has 1 fully saturated rings. The SMILES string of the molecule is O=C(O)CC1CCn2c1c(Cl)c1cc(OCc3ccc(OCC4CC4)c(C(F)(F)F)c3)ccc12. The molecular weight excluding hydrogens is 471 g/mol. The molecule has 2 heterocycles. The van der Waals surface area contributed by atoms with Crippen LogP contribution in [0.15, 0.2) is 36.4 Å². The van der Waals surface area contributed by atoms with E-state index in [1.165, 1.54) is 6.07 Å². The molecule has 180 valence electrons. The fourth-order valence-corrected chi connectivity index (χ4v) is 4.95. The summed E-state index contributed by atoms with van der Waals surface area (Å²) < 4.78 is 53.9. The molecule has 0 amide bonds. The third-order valence-electron chi connectivity index (χ3n) is 6.45. The molecule has 9 heteroatoms. The van der Waals surface area contributed by atoms with Gasteiger partial charge in [-0.25, -0.2) is 0 Å². The number of hydrogen-bond donors (Lipinski definition) is 1. The quantitative estimate of drug-likeness (QED) is 0.382. The molecule has 0 radical (unpaired) electrons. The van der Waals surface area contributed by atoms with Crippen molar-refractivity contribution in [2.24, 2.45) is 5.92 Å². The maximum absolute atomic E-state index is 13.6. The third-order valence-corrected chi connectivity index (χ3v) is 6.84. The van der Waals surface area contributed by atoms with Crippen LogP contribution in [0, 0.1) is 5.92 Å². The lowest BCUT2D eigenvalue weighted by atomic mass is 10.0. The minimum atomic E-state index is -4.53. The first-order chi connectivity index (χ1) is 16.2. The number of aliphatic carboxylic acids is 1. The highest BCUT2D eigenvalue weighted by molar-refractivity contribution is 6.36. The van der Waals surface area contributed by atoms with Crippen LogP contribution in [0.4, 0.5) is 13.2 Å². The van der Waals surface area contributed by atoms with E-state index in [-0.39, 0.29) is 24.7 Å². The molecule has 2 aromatic carbocycles. The second-order valence-electron chi connectivity index (χ2n) is 8.98. The maximum Gasteiger partial charge on any atom is 0.419 e. The lowest BCUT2D eigenvalue weighted by Gasteiger charge is -2.16. The van der Waals surface area contributed by atoms with Gasteiger partial charge in [0.15, 0.2) is 0 Å². The van der Waals surface area contributed by atoms with E-state index in [0.29, 0.717) is 35.4 Å². The molecular formula is C25H23ClF3NO4. The van der Waals surface area contributed by atoms with Gasteiger partial charge in [-0.15, -0.1) is 0 Å². The average Bonchev–Trinajstić information content (AvgIpc) is 3.47. The molecule has 1 aliphatic carbocycles. The zero-order chi connectivity index (χ0) is 24.0. The fourth-order valence-electron chi connectivity index (χ4n) is 4.55. The Morgan fingerprint density at radius 3 is 2.62 bits per heavy atom. The van der Waals surface area contributed by atoms with Crippen LogP contribution in [0.2, 0.25) is 5.02 Å². The number of nitrogens with zero attached hydrogens (tertiary/aromatic N) is 1. The number of ether oxygens (including phenoxy) is 2. The summed E-state index contributed by atoms with van der Waals surface area (Å²) in [6, 6.07) is 9.33. The molecule has 5 rings (SSSR count). The highest BCUT2D eigenvalue weighted by Gasteiger charge is 2.35. The minimum absolute atomic E-state index is 0.0152. The Balaban J connectivity index is 1.35. The van der Waals surface area contributed by atoms with E-state index < -0.39 is 17.7 Å². The molecule has 5 nitrogen and oxygen atoms in total. The second kappa shape index (κ2) is 8.73. The average molecular weight is 494 g/mol. The third kappa shape index (κ3) is 4.56. The normalized spacial score (nSPS) is 17.7. The predicted octanol–water partition coefficient (Wildman–Crippen LogP) is 6.64. The van der Waals surface area contributed by atoms with Crippen molar-refractivity contribution in [3.05, 3.63) is 58.2 Å². The Morgan fingerprint density at radius 1 is 1.12 bits per heavy atom. The molecule has 1 saturated carbocycles. The summed E-state index contributed by atoms with van der Waals surface area (Å²) in [5, 5.41) is 10.4.